The van der Waals surface area contributed by atoms with Crippen LogP contribution in [0.1, 0.15) is 5.56 Å². The van der Waals surface area contributed by atoms with Crippen molar-refractivity contribution < 1.29 is 9.90 Å². The van der Waals surface area contributed by atoms with Gasteiger partial charge >= 0.3 is 5.97 Å². The molecule has 0 unspecified atom stereocenters. The minimum atomic E-state index is -0.971. The van der Waals surface area contributed by atoms with Crippen molar-refractivity contribution in [3.05, 3.63) is 39.3 Å². The quantitative estimate of drug-likeness (QED) is 0.830. The molecule has 0 aliphatic heterocycles. The lowest BCUT2D eigenvalue weighted by Gasteiger charge is -1.97. The van der Waals surface area contributed by atoms with E-state index in [-0.39, 0.29) is 0 Å². The second-order valence-electron chi connectivity index (χ2n) is 2.34. The van der Waals surface area contributed by atoms with Gasteiger partial charge in [-0.2, -0.15) is 0 Å². The van der Waals surface area contributed by atoms with Crippen molar-refractivity contribution in [1.29, 1.82) is 0 Å². The number of carboxylic acids is 1. The Hall–Kier alpha value is -0.800. The Balaban J connectivity index is 2.96. The van der Waals surface area contributed by atoms with Gasteiger partial charge in [-0.3, -0.25) is 0 Å². The smallest absolute Gasteiger partial charge is 0.328 e. The first-order valence-electron chi connectivity index (χ1n) is 3.45. The molecule has 0 radical (unpaired) electrons. The van der Waals surface area contributed by atoms with Crippen molar-refractivity contribution >= 4 is 39.6 Å². The molecule has 0 atom stereocenters. The standard InChI is InChI=1S/C9H6BrClO2/c10-8-5-7(11)3-1-6(8)2-4-9(12)13/h1-5H,(H,12,13). The maximum absolute atomic E-state index is 10.2. The SMILES string of the molecule is O=C(O)C=Cc1ccc(Cl)cc1Br. The van der Waals surface area contributed by atoms with E-state index in [1.165, 1.54) is 6.08 Å². The van der Waals surface area contributed by atoms with Gasteiger partial charge in [-0.15, -0.1) is 0 Å². The van der Waals surface area contributed by atoms with E-state index in [1.807, 2.05) is 0 Å². The number of hydrogen-bond donors (Lipinski definition) is 1. The first-order chi connectivity index (χ1) is 6.09. The Labute approximate surface area is 89.0 Å². The Bertz CT molecular complexity index is 361. The van der Waals surface area contributed by atoms with E-state index in [2.05, 4.69) is 15.9 Å². The van der Waals surface area contributed by atoms with E-state index in [1.54, 1.807) is 18.2 Å². The van der Waals surface area contributed by atoms with Crippen LogP contribution >= 0.6 is 27.5 Å². The summed E-state index contributed by atoms with van der Waals surface area (Å²) in [5.41, 5.74) is 0.784. The Morgan fingerprint density at radius 1 is 1.54 bits per heavy atom. The summed E-state index contributed by atoms with van der Waals surface area (Å²) >= 11 is 8.98. The second kappa shape index (κ2) is 4.44. The highest BCUT2D eigenvalue weighted by atomic mass is 79.9. The summed E-state index contributed by atoms with van der Waals surface area (Å²) in [6.45, 7) is 0. The molecule has 0 aliphatic carbocycles. The summed E-state index contributed by atoms with van der Waals surface area (Å²) in [4.78, 5) is 10.2. The lowest BCUT2D eigenvalue weighted by Crippen LogP contribution is -1.86. The summed E-state index contributed by atoms with van der Waals surface area (Å²) in [6.07, 6.45) is 2.58. The first-order valence-corrected chi connectivity index (χ1v) is 4.63. The normalized spacial score (nSPS) is 10.6. The molecular formula is C9H6BrClO2. The predicted octanol–water partition coefficient (Wildman–Crippen LogP) is 3.20. The largest absolute Gasteiger partial charge is 0.478 e. The molecular weight excluding hydrogens is 255 g/mol. The number of aliphatic carboxylic acids is 1. The number of benzene rings is 1. The van der Waals surface area contributed by atoms with Crippen molar-refractivity contribution in [3.8, 4) is 0 Å². The van der Waals surface area contributed by atoms with Crippen LogP contribution in [-0.2, 0) is 4.79 Å². The van der Waals surface area contributed by atoms with Crippen molar-refractivity contribution in [2.45, 2.75) is 0 Å². The van der Waals surface area contributed by atoms with Gasteiger partial charge < -0.3 is 5.11 Å². The molecule has 0 saturated carbocycles. The molecule has 1 rings (SSSR count). The minimum absolute atomic E-state index is 0.611. The van der Waals surface area contributed by atoms with Crippen LogP contribution in [0.25, 0.3) is 6.08 Å². The van der Waals surface area contributed by atoms with E-state index in [0.29, 0.717) is 5.02 Å². The van der Waals surface area contributed by atoms with Crippen LogP contribution in [0.5, 0.6) is 0 Å². The number of halogens is 2. The Morgan fingerprint density at radius 3 is 2.77 bits per heavy atom. The van der Waals surface area contributed by atoms with Crippen LogP contribution in [0.4, 0.5) is 0 Å². The zero-order chi connectivity index (χ0) is 9.84. The molecule has 4 heteroatoms. The Morgan fingerprint density at radius 2 is 2.23 bits per heavy atom. The van der Waals surface area contributed by atoms with Crippen molar-refractivity contribution in [2.24, 2.45) is 0 Å². The van der Waals surface area contributed by atoms with Crippen LogP contribution in [0.2, 0.25) is 5.02 Å². The highest BCUT2D eigenvalue weighted by Gasteiger charge is 1.97. The first kappa shape index (κ1) is 10.3. The van der Waals surface area contributed by atoms with Crippen LogP contribution in [-0.4, -0.2) is 11.1 Å². The molecule has 0 saturated heterocycles. The second-order valence-corrected chi connectivity index (χ2v) is 3.63. The zero-order valence-corrected chi connectivity index (χ0v) is 8.84. The molecule has 1 aromatic rings. The molecule has 0 fully saturated rings. The lowest BCUT2D eigenvalue weighted by atomic mass is 10.2. The number of rotatable bonds is 2. The number of hydrogen-bond acceptors (Lipinski definition) is 1. The molecule has 2 nitrogen and oxygen atoms in total. The summed E-state index contributed by atoms with van der Waals surface area (Å²) in [5, 5.41) is 9.00. The van der Waals surface area contributed by atoms with Crippen molar-refractivity contribution in [3.63, 3.8) is 0 Å². The molecule has 1 N–H and O–H groups in total. The summed E-state index contributed by atoms with van der Waals surface area (Å²) in [5.74, 6) is -0.971. The van der Waals surface area contributed by atoms with Crippen LogP contribution < -0.4 is 0 Å². The van der Waals surface area contributed by atoms with E-state index in [9.17, 15) is 4.79 Å². The van der Waals surface area contributed by atoms with Crippen molar-refractivity contribution in [2.75, 3.05) is 0 Å². The van der Waals surface area contributed by atoms with Gasteiger partial charge in [0.2, 0.25) is 0 Å². The van der Waals surface area contributed by atoms with Gasteiger partial charge in [0.1, 0.15) is 0 Å². The monoisotopic (exact) mass is 260 g/mol. The molecule has 0 aromatic heterocycles. The fraction of sp³-hybridized carbons (Fsp3) is 0. The van der Waals surface area contributed by atoms with Crippen LogP contribution in [0.3, 0.4) is 0 Å². The molecule has 0 heterocycles. The third kappa shape index (κ3) is 3.20. The number of carbonyl (C=O) groups is 1. The summed E-state index contributed by atoms with van der Waals surface area (Å²) in [7, 11) is 0. The van der Waals surface area contributed by atoms with E-state index in [0.717, 1.165) is 16.1 Å². The van der Waals surface area contributed by atoms with E-state index < -0.39 is 5.97 Å². The fourth-order valence-corrected chi connectivity index (χ4v) is 1.61. The van der Waals surface area contributed by atoms with Gasteiger partial charge in [-0.25, -0.2) is 4.79 Å². The average molecular weight is 262 g/mol. The molecule has 0 aliphatic rings. The van der Waals surface area contributed by atoms with Gasteiger partial charge in [-0.05, 0) is 23.8 Å². The molecule has 0 spiro atoms. The maximum atomic E-state index is 10.2. The lowest BCUT2D eigenvalue weighted by molar-refractivity contribution is -0.131. The van der Waals surface area contributed by atoms with Gasteiger partial charge in [0.05, 0.1) is 0 Å². The topological polar surface area (TPSA) is 37.3 Å². The number of carboxylic acid groups (broad SMARTS) is 1. The molecule has 0 bridgehead atoms. The average Bonchev–Trinajstić information content (AvgIpc) is 2.02. The van der Waals surface area contributed by atoms with E-state index in [4.69, 9.17) is 16.7 Å². The Kier molecular flexibility index (Phi) is 3.51. The van der Waals surface area contributed by atoms with Gasteiger partial charge in [0, 0.05) is 15.6 Å². The highest BCUT2D eigenvalue weighted by molar-refractivity contribution is 9.10. The third-order valence-corrected chi connectivity index (χ3v) is 2.29. The highest BCUT2D eigenvalue weighted by Crippen LogP contribution is 2.22. The van der Waals surface area contributed by atoms with Gasteiger partial charge in [0.25, 0.3) is 0 Å². The summed E-state index contributed by atoms with van der Waals surface area (Å²) < 4.78 is 0.775. The molecule has 68 valence electrons. The van der Waals surface area contributed by atoms with Crippen LogP contribution in [0, 0.1) is 0 Å². The molecule has 13 heavy (non-hydrogen) atoms. The van der Waals surface area contributed by atoms with Crippen molar-refractivity contribution in [1.82, 2.24) is 0 Å². The maximum Gasteiger partial charge on any atom is 0.328 e. The zero-order valence-electron chi connectivity index (χ0n) is 6.50. The van der Waals surface area contributed by atoms with Gasteiger partial charge in [-0.1, -0.05) is 33.6 Å². The molecule has 1 aromatic carbocycles. The third-order valence-electron chi connectivity index (χ3n) is 1.37. The van der Waals surface area contributed by atoms with Crippen LogP contribution in [0.15, 0.2) is 28.7 Å². The predicted molar refractivity (Wildman–Crippen MR) is 55.8 cm³/mol. The fourth-order valence-electron chi connectivity index (χ4n) is 0.798. The molecule has 0 amide bonds. The van der Waals surface area contributed by atoms with E-state index >= 15 is 0 Å². The minimum Gasteiger partial charge on any atom is -0.478 e. The van der Waals surface area contributed by atoms with Gasteiger partial charge in [0.15, 0.2) is 0 Å². The summed E-state index contributed by atoms with van der Waals surface area (Å²) in [6, 6.07) is 5.16.